The van der Waals surface area contributed by atoms with Gasteiger partial charge in [-0.3, -0.25) is 0 Å². The lowest BCUT2D eigenvalue weighted by Gasteiger charge is -2.14. The van der Waals surface area contributed by atoms with E-state index in [1.54, 1.807) is 0 Å². The van der Waals surface area contributed by atoms with E-state index in [1.165, 1.54) is 30.9 Å². The molecule has 4 heterocycles. The molecule has 10 aromatic rings. The van der Waals surface area contributed by atoms with Crippen LogP contribution >= 0.6 is 20.7 Å². The summed E-state index contributed by atoms with van der Waals surface area (Å²) in [4.78, 5) is 5.43. The number of benzene rings is 7. The molecule has 1 aliphatic heterocycles. The second-order valence-corrected chi connectivity index (χ2v) is 18.0. The van der Waals surface area contributed by atoms with Crippen LogP contribution in [0.1, 0.15) is 16.8 Å². The molecule has 0 atom stereocenters. The van der Waals surface area contributed by atoms with Gasteiger partial charge in [-0.1, -0.05) is 167 Å². The minimum Gasteiger partial charge on any atom is -0.309 e. The van der Waals surface area contributed by atoms with Gasteiger partial charge in [-0.2, -0.15) is 0 Å². The average molecular weight is 906 g/mol. The number of nitrogens with zero attached hydrogens (tertiary/aromatic N) is 3. The summed E-state index contributed by atoms with van der Waals surface area (Å²) < 4.78 is 8.37. The molecule has 1 aliphatic rings. The Morgan fingerprint density at radius 1 is 0.419 bits per heavy atom. The number of hydrogen-bond donors (Lipinski definition) is 0. The van der Waals surface area contributed by atoms with Gasteiger partial charge in [-0.15, -0.1) is 0 Å². The quantitative estimate of drug-likeness (QED) is 0.132. The summed E-state index contributed by atoms with van der Waals surface area (Å²) in [6, 6.07) is 65.7. The third-order valence-electron chi connectivity index (χ3n) is 11.8. The molecular weight excluding hydrogens is 866 g/mol. The van der Waals surface area contributed by atoms with Crippen LogP contribution in [0.15, 0.2) is 217 Å². The molecule has 0 N–H and O–H groups in total. The van der Waals surface area contributed by atoms with E-state index in [0.717, 1.165) is 78.3 Å². The van der Waals surface area contributed by atoms with Crippen LogP contribution in [0.2, 0.25) is 0 Å². The maximum atomic E-state index is 5.43. The van der Waals surface area contributed by atoms with Crippen LogP contribution in [0.3, 0.4) is 0 Å². The summed E-state index contributed by atoms with van der Waals surface area (Å²) >= 11 is -0.270. The molecule has 4 heteroatoms. The van der Waals surface area contributed by atoms with Gasteiger partial charge in [0.05, 0.1) is 33.6 Å². The van der Waals surface area contributed by atoms with Crippen LogP contribution < -0.4 is 0 Å². The molecule has 0 aliphatic carbocycles. The highest BCUT2D eigenvalue weighted by Gasteiger charge is 2.17. The van der Waals surface area contributed by atoms with Gasteiger partial charge in [0.1, 0.15) is 0 Å². The van der Waals surface area contributed by atoms with Crippen molar-refractivity contribution >= 4 is 69.1 Å². The van der Waals surface area contributed by atoms with E-state index in [1.807, 2.05) is 12.2 Å². The summed E-state index contributed by atoms with van der Waals surface area (Å²) in [7, 11) is 0. The van der Waals surface area contributed by atoms with Crippen molar-refractivity contribution in [1.82, 2.24) is 14.1 Å². The molecule has 62 heavy (non-hydrogen) atoms. The molecule has 11 rings (SSSR count). The predicted molar refractivity (Wildman–Crippen MR) is 274 cm³/mol. The van der Waals surface area contributed by atoms with Crippen LogP contribution in [0.4, 0.5) is 0 Å². The van der Waals surface area contributed by atoms with Gasteiger partial charge < -0.3 is 9.13 Å². The molecule has 0 saturated heterocycles. The predicted octanol–water partition coefficient (Wildman–Crippen LogP) is 15.7. The lowest BCUT2D eigenvalue weighted by molar-refractivity contribution is 1.11. The van der Waals surface area contributed by atoms with Crippen molar-refractivity contribution in [3.63, 3.8) is 0 Å². The number of hydrogen-bond acceptors (Lipinski definition) is 1. The van der Waals surface area contributed by atoms with Gasteiger partial charge in [-0.05, 0) is 111 Å². The van der Waals surface area contributed by atoms with Gasteiger partial charge in [0.15, 0.2) is 0 Å². The van der Waals surface area contributed by atoms with Crippen LogP contribution in [-0.4, -0.2) is 17.6 Å². The fraction of sp³-hybridized carbons (Fsp3) is 0. The maximum Gasteiger partial charge on any atom is 0.0716 e. The molecule has 7 aromatic carbocycles. The lowest BCUT2D eigenvalue weighted by Crippen LogP contribution is -1.99. The Balaban J connectivity index is 0.992. The monoisotopic (exact) mass is 905 g/mol. The first-order valence-corrected chi connectivity index (χ1v) is 23.1. The molecule has 0 spiro atoms. The highest BCUT2D eigenvalue weighted by atomic mass is 127. The minimum absolute atomic E-state index is 0.270. The number of rotatable bonds is 9. The number of fused-ring (bicyclic) bond motifs is 4. The van der Waals surface area contributed by atoms with Gasteiger partial charge >= 0.3 is 0 Å². The zero-order valence-electron chi connectivity index (χ0n) is 33.9. The molecule has 0 bridgehead atoms. The Morgan fingerprint density at radius 2 is 0.903 bits per heavy atom. The molecule has 0 saturated carbocycles. The zero-order chi connectivity index (χ0) is 41.6. The van der Waals surface area contributed by atoms with Crippen molar-refractivity contribution in [1.29, 1.82) is 0 Å². The summed E-state index contributed by atoms with van der Waals surface area (Å²) in [5, 5.41) is 3.68. The molecule has 294 valence electrons. The van der Waals surface area contributed by atoms with E-state index in [9.17, 15) is 0 Å². The Bertz CT molecular complexity index is 3460. The average Bonchev–Trinajstić information content (AvgIpc) is 3.87. The van der Waals surface area contributed by atoms with Crippen molar-refractivity contribution in [2.24, 2.45) is 0 Å². The molecule has 0 fully saturated rings. The summed E-state index contributed by atoms with van der Waals surface area (Å²) in [5.74, 6) is 0. The van der Waals surface area contributed by atoms with E-state index in [-0.39, 0.29) is 20.7 Å². The fourth-order valence-corrected chi connectivity index (χ4v) is 10.9. The highest BCUT2D eigenvalue weighted by molar-refractivity contribution is 14.2. The molecule has 3 aromatic heterocycles. The number of pyridine rings is 1. The van der Waals surface area contributed by atoms with E-state index in [0.29, 0.717) is 0 Å². The highest BCUT2D eigenvalue weighted by Crippen LogP contribution is 2.37. The smallest absolute Gasteiger partial charge is 0.0716 e. The summed E-state index contributed by atoms with van der Waals surface area (Å²) in [5.41, 5.74) is 17.7. The Morgan fingerprint density at radius 3 is 1.44 bits per heavy atom. The lowest BCUT2D eigenvalue weighted by atomic mass is 9.97. The fourth-order valence-electron chi connectivity index (χ4n) is 8.99. The van der Waals surface area contributed by atoms with E-state index < -0.39 is 0 Å². The Hall–Kier alpha value is -7.41. The largest absolute Gasteiger partial charge is 0.309 e. The summed E-state index contributed by atoms with van der Waals surface area (Å²) in [6.07, 6.45) is 10.5. The normalized spacial score (nSPS) is 12.4. The van der Waals surface area contributed by atoms with Gasteiger partial charge in [0, 0.05) is 47.7 Å². The SMILES string of the molecule is C=Cc1c(C=C)n(-c2cccc(-c3cccc(-c4cc(C5=IC=CC=C5)cc(-c5cccc(-c6cccc(-n7c8ccccc8c8ccccc87)c6)c5)n4)c3)c2)c2ccccc12. The van der Waals surface area contributed by atoms with Gasteiger partial charge in [0.2, 0.25) is 0 Å². The van der Waals surface area contributed by atoms with Crippen molar-refractivity contribution in [2.45, 2.75) is 0 Å². The molecule has 0 unspecified atom stereocenters. The molecule has 0 amide bonds. The molecular formula is C58H40IN3. The van der Waals surface area contributed by atoms with Gasteiger partial charge in [-0.25, -0.2) is 4.98 Å². The Kier molecular flexibility index (Phi) is 9.63. The number of halogens is 1. The van der Waals surface area contributed by atoms with Crippen LogP contribution in [0.5, 0.6) is 0 Å². The van der Waals surface area contributed by atoms with Crippen molar-refractivity contribution in [3.8, 4) is 56.1 Å². The standard InChI is InChI=1S/C58H40IN3/c1-3-48-49-25-5-8-29-56(49)61(55(48)4-2)46-23-15-19-41(35-46)39-17-13-21-43(33-39)53-37-45(52-28-11-12-32-59-52)38-54(60-53)44-22-14-18-40(34-44)42-20-16-24-47(36-42)62-57-30-9-6-26-50(57)51-27-7-10-31-58(51)62/h3-38H,1-2H2. The first-order valence-electron chi connectivity index (χ1n) is 20.8. The third kappa shape index (κ3) is 6.60. The second-order valence-electron chi connectivity index (χ2n) is 15.5. The zero-order valence-corrected chi connectivity index (χ0v) is 36.1. The van der Waals surface area contributed by atoms with Gasteiger partial charge in [0.25, 0.3) is 0 Å². The first kappa shape index (κ1) is 37.6. The van der Waals surface area contributed by atoms with E-state index in [2.05, 4.69) is 227 Å². The number of aromatic nitrogens is 3. The first-order chi connectivity index (χ1) is 30.6. The topological polar surface area (TPSA) is 22.8 Å². The van der Waals surface area contributed by atoms with Crippen molar-refractivity contribution in [3.05, 3.63) is 234 Å². The number of allylic oxidation sites excluding steroid dienone is 3. The van der Waals surface area contributed by atoms with Crippen LogP contribution in [-0.2, 0) is 0 Å². The molecule has 3 nitrogen and oxygen atoms in total. The third-order valence-corrected chi connectivity index (χ3v) is 14.3. The van der Waals surface area contributed by atoms with E-state index >= 15 is 0 Å². The Labute approximate surface area is 371 Å². The van der Waals surface area contributed by atoms with Crippen molar-refractivity contribution < 1.29 is 0 Å². The minimum atomic E-state index is -0.270. The van der Waals surface area contributed by atoms with Crippen LogP contribution in [0.25, 0.3) is 101 Å². The van der Waals surface area contributed by atoms with E-state index in [4.69, 9.17) is 4.98 Å². The maximum absolute atomic E-state index is 5.43. The number of para-hydroxylation sites is 3. The van der Waals surface area contributed by atoms with Crippen LogP contribution in [0, 0.1) is 0 Å². The second kappa shape index (κ2) is 15.9. The summed E-state index contributed by atoms with van der Waals surface area (Å²) in [6.45, 7) is 8.32. The van der Waals surface area contributed by atoms with Crippen molar-refractivity contribution in [2.75, 3.05) is 0 Å². The molecule has 0 radical (unpaired) electrons.